The number of aliphatic imine (C=N–C) groups is 1. The second kappa shape index (κ2) is 5.71. The summed E-state index contributed by atoms with van der Waals surface area (Å²) in [5.74, 6) is 0. The molecule has 2 rings (SSSR count). The van der Waals surface area contributed by atoms with Gasteiger partial charge >= 0.3 is 0 Å². The van der Waals surface area contributed by atoms with Crippen LogP contribution in [0.1, 0.15) is 13.8 Å². The standard InChI is InChI=1S/C17H20N2S/c1-11-8-13(3)16(9-12(11)2)18-15-7-6-14(19(4)5)10-17(15)20/h6-10,20H,3H2,1-2,4-5H3. The summed E-state index contributed by atoms with van der Waals surface area (Å²) in [6, 6.07) is 6.06. The summed E-state index contributed by atoms with van der Waals surface area (Å²) in [5.41, 5.74) is 6.29. The topological polar surface area (TPSA) is 15.6 Å². The number of allylic oxidation sites excluding steroid dienone is 5. The van der Waals surface area contributed by atoms with Crippen LogP contribution in [0.4, 0.5) is 11.4 Å². The van der Waals surface area contributed by atoms with Crippen molar-refractivity contribution in [1.29, 1.82) is 0 Å². The van der Waals surface area contributed by atoms with Crippen LogP contribution in [0, 0.1) is 0 Å². The molecular formula is C17H20N2S. The van der Waals surface area contributed by atoms with Gasteiger partial charge in [0, 0.05) is 24.7 Å². The van der Waals surface area contributed by atoms with Gasteiger partial charge in [0.2, 0.25) is 0 Å². The van der Waals surface area contributed by atoms with Crippen LogP contribution in [0.2, 0.25) is 0 Å². The van der Waals surface area contributed by atoms with Gasteiger partial charge in [-0.25, -0.2) is 4.99 Å². The van der Waals surface area contributed by atoms with Crippen molar-refractivity contribution in [3.63, 3.8) is 0 Å². The van der Waals surface area contributed by atoms with Crippen molar-refractivity contribution >= 4 is 29.7 Å². The molecule has 0 radical (unpaired) electrons. The molecule has 0 aromatic heterocycles. The first-order valence-corrected chi connectivity index (χ1v) is 6.98. The maximum Gasteiger partial charge on any atom is 0.0771 e. The van der Waals surface area contributed by atoms with Crippen LogP contribution in [-0.2, 0) is 0 Å². The maximum atomic E-state index is 4.69. The molecule has 1 aliphatic rings. The Morgan fingerprint density at radius 2 is 1.75 bits per heavy atom. The molecule has 1 aromatic carbocycles. The molecule has 3 heteroatoms. The highest BCUT2D eigenvalue weighted by molar-refractivity contribution is 7.80. The van der Waals surface area contributed by atoms with E-state index < -0.39 is 0 Å². The molecule has 0 saturated carbocycles. The highest BCUT2D eigenvalue weighted by Gasteiger charge is 2.10. The van der Waals surface area contributed by atoms with E-state index in [9.17, 15) is 0 Å². The Bertz CT molecular complexity index is 649. The molecule has 0 aliphatic heterocycles. The zero-order valence-electron chi connectivity index (χ0n) is 12.4. The Balaban J connectivity index is 2.39. The molecule has 0 spiro atoms. The number of thiol groups is 1. The molecule has 0 saturated heterocycles. The molecule has 2 nitrogen and oxygen atoms in total. The fourth-order valence-electron chi connectivity index (χ4n) is 1.98. The lowest BCUT2D eigenvalue weighted by Crippen LogP contribution is -2.08. The van der Waals surface area contributed by atoms with Crippen LogP contribution in [0.15, 0.2) is 63.5 Å². The van der Waals surface area contributed by atoms with E-state index in [2.05, 4.69) is 50.2 Å². The predicted octanol–water partition coefficient (Wildman–Crippen LogP) is 4.58. The highest BCUT2D eigenvalue weighted by Crippen LogP contribution is 2.29. The van der Waals surface area contributed by atoms with Gasteiger partial charge in [0.05, 0.1) is 11.4 Å². The number of rotatable bonds is 2. The Labute approximate surface area is 126 Å². The van der Waals surface area contributed by atoms with Gasteiger partial charge in [-0.1, -0.05) is 12.7 Å². The number of anilines is 1. The fourth-order valence-corrected chi connectivity index (χ4v) is 2.24. The summed E-state index contributed by atoms with van der Waals surface area (Å²) in [7, 11) is 4.02. The molecule has 0 unspecified atom stereocenters. The summed E-state index contributed by atoms with van der Waals surface area (Å²) >= 11 is 4.53. The normalized spacial score (nSPS) is 17.1. The predicted molar refractivity (Wildman–Crippen MR) is 91.8 cm³/mol. The molecule has 0 atom stereocenters. The lowest BCUT2D eigenvalue weighted by atomic mass is 9.96. The average Bonchev–Trinajstić information content (AvgIpc) is 2.37. The molecule has 1 aromatic rings. The maximum absolute atomic E-state index is 4.69. The summed E-state index contributed by atoms with van der Waals surface area (Å²) < 4.78 is 0. The third kappa shape index (κ3) is 3.05. The first-order chi connectivity index (χ1) is 9.38. The van der Waals surface area contributed by atoms with E-state index in [4.69, 9.17) is 0 Å². The van der Waals surface area contributed by atoms with Gasteiger partial charge in [-0.3, -0.25) is 0 Å². The molecule has 20 heavy (non-hydrogen) atoms. The Kier molecular flexibility index (Phi) is 4.19. The molecule has 1 aliphatic carbocycles. The van der Waals surface area contributed by atoms with Gasteiger partial charge in [-0.2, -0.15) is 0 Å². The van der Waals surface area contributed by atoms with Crippen molar-refractivity contribution in [2.45, 2.75) is 18.7 Å². The lowest BCUT2D eigenvalue weighted by Gasteiger charge is -2.15. The largest absolute Gasteiger partial charge is 0.378 e. The molecule has 0 heterocycles. The van der Waals surface area contributed by atoms with Gasteiger partial charge in [-0.05, 0) is 54.8 Å². The minimum Gasteiger partial charge on any atom is -0.378 e. The smallest absolute Gasteiger partial charge is 0.0771 e. The van der Waals surface area contributed by atoms with Gasteiger partial charge in [0.25, 0.3) is 0 Å². The van der Waals surface area contributed by atoms with Crippen LogP contribution in [-0.4, -0.2) is 19.8 Å². The first kappa shape index (κ1) is 14.7. The van der Waals surface area contributed by atoms with Crippen LogP contribution < -0.4 is 4.90 Å². The van der Waals surface area contributed by atoms with Crippen molar-refractivity contribution in [2.24, 2.45) is 4.99 Å². The minimum atomic E-state index is 0.868. The van der Waals surface area contributed by atoms with E-state index in [1.807, 2.05) is 37.2 Å². The number of hydrogen-bond donors (Lipinski definition) is 1. The van der Waals surface area contributed by atoms with Gasteiger partial charge in [0.1, 0.15) is 0 Å². The Morgan fingerprint density at radius 3 is 2.35 bits per heavy atom. The SMILES string of the molecule is C=C1C=C(C)C(C)=CC1=Nc1ccc(N(C)C)cc1S. The summed E-state index contributed by atoms with van der Waals surface area (Å²) in [6.07, 6.45) is 4.14. The van der Waals surface area contributed by atoms with Gasteiger partial charge < -0.3 is 4.90 Å². The molecule has 0 bridgehead atoms. The number of benzene rings is 1. The monoisotopic (exact) mass is 284 g/mol. The van der Waals surface area contributed by atoms with Crippen LogP contribution in [0.3, 0.4) is 0 Å². The highest BCUT2D eigenvalue weighted by atomic mass is 32.1. The molecule has 0 amide bonds. The van der Waals surface area contributed by atoms with E-state index in [-0.39, 0.29) is 0 Å². The molecule has 0 fully saturated rings. The van der Waals surface area contributed by atoms with Crippen molar-refractivity contribution in [3.05, 3.63) is 53.6 Å². The van der Waals surface area contributed by atoms with Crippen molar-refractivity contribution in [2.75, 3.05) is 19.0 Å². The lowest BCUT2D eigenvalue weighted by molar-refractivity contribution is 1.12. The summed E-state index contributed by atoms with van der Waals surface area (Å²) in [5, 5.41) is 0. The van der Waals surface area contributed by atoms with E-state index >= 15 is 0 Å². The van der Waals surface area contributed by atoms with Crippen LogP contribution in [0.5, 0.6) is 0 Å². The summed E-state index contributed by atoms with van der Waals surface area (Å²) in [4.78, 5) is 7.60. The summed E-state index contributed by atoms with van der Waals surface area (Å²) in [6.45, 7) is 8.24. The fraction of sp³-hybridized carbons (Fsp3) is 0.235. The van der Waals surface area contributed by atoms with E-state index in [0.29, 0.717) is 0 Å². The Hall–Kier alpha value is -1.74. The van der Waals surface area contributed by atoms with Crippen molar-refractivity contribution in [3.8, 4) is 0 Å². The van der Waals surface area contributed by atoms with E-state index in [0.717, 1.165) is 27.6 Å². The van der Waals surface area contributed by atoms with Crippen molar-refractivity contribution in [1.82, 2.24) is 0 Å². The van der Waals surface area contributed by atoms with Crippen molar-refractivity contribution < 1.29 is 0 Å². The third-order valence-corrected chi connectivity index (χ3v) is 3.77. The minimum absolute atomic E-state index is 0.868. The molecular weight excluding hydrogens is 264 g/mol. The average molecular weight is 284 g/mol. The zero-order valence-corrected chi connectivity index (χ0v) is 13.3. The second-order valence-corrected chi connectivity index (χ2v) is 5.73. The van der Waals surface area contributed by atoms with Crippen LogP contribution in [0.25, 0.3) is 0 Å². The number of nitrogens with zero attached hydrogens (tertiary/aromatic N) is 2. The third-order valence-electron chi connectivity index (χ3n) is 3.41. The van der Waals surface area contributed by atoms with Gasteiger partial charge in [-0.15, -0.1) is 12.6 Å². The Morgan fingerprint density at radius 1 is 1.10 bits per heavy atom. The van der Waals surface area contributed by atoms with E-state index in [1.54, 1.807) is 0 Å². The zero-order chi connectivity index (χ0) is 14.9. The quantitative estimate of drug-likeness (QED) is 0.786. The van der Waals surface area contributed by atoms with Gasteiger partial charge in [0.15, 0.2) is 0 Å². The number of hydrogen-bond acceptors (Lipinski definition) is 3. The molecule has 0 N–H and O–H groups in total. The van der Waals surface area contributed by atoms with Crippen LogP contribution >= 0.6 is 12.6 Å². The second-order valence-electron chi connectivity index (χ2n) is 5.24. The molecule has 104 valence electrons. The first-order valence-electron chi connectivity index (χ1n) is 6.54. The van der Waals surface area contributed by atoms with E-state index in [1.165, 1.54) is 11.1 Å².